The molecule has 0 radical (unpaired) electrons. The van der Waals surface area contributed by atoms with E-state index in [1.807, 2.05) is 24.4 Å². The van der Waals surface area contributed by atoms with Gasteiger partial charge in [0.25, 0.3) is 0 Å². The summed E-state index contributed by atoms with van der Waals surface area (Å²) in [5.74, 6) is 0.964. The van der Waals surface area contributed by atoms with Gasteiger partial charge in [0, 0.05) is 18.3 Å². The normalized spacial score (nSPS) is 27.2. The number of nitrogens with zero attached hydrogens (tertiary/aromatic N) is 1. The number of aromatic nitrogens is 1. The first-order chi connectivity index (χ1) is 6.84. The van der Waals surface area contributed by atoms with Crippen molar-refractivity contribution < 1.29 is 0 Å². The fourth-order valence-corrected chi connectivity index (χ4v) is 2.02. The highest BCUT2D eigenvalue weighted by Gasteiger charge is 2.18. The molecule has 0 aromatic carbocycles. The number of nitrogens with one attached hydrogen (secondary N) is 1. The van der Waals surface area contributed by atoms with Crippen LogP contribution in [0.2, 0.25) is 0 Å². The van der Waals surface area contributed by atoms with E-state index in [9.17, 15) is 0 Å². The van der Waals surface area contributed by atoms with E-state index in [4.69, 9.17) is 5.73 Å². The van der Waals surface area contributed by atoms with Gasteiger partial charge in [0.15, 0.2) is 0 Å². The first-order valence-electron chi connectivity index (χ1n) is 5.28. The molecule has 2 unspecified atom stereocenters. The molecule has 1 aromatic rings. The lowest BCUT2D eigenvalue weighted by Crippen LogP contribution is -2.35. The van der Waals surface area contributed by atoms with Gasteiger partial charge in [-0.2, -0.15) is 0 Å². The molecule has 3 nitrogen and oxygen atoms in total. The van der Waals surface area contributed by atoms with Crippen LogP contribution in [0.5, 0.6) is 0 Å². The van der Waals surface area contributed by atoms with Crippen molar-refractivity contribution >= 4 is 5.82 Å². The molecule has 3 N–H and O–H groups in total. The van der Waals surface area contributed by atoms with Crippen molar-refractivity contribution in [1.29, 1.82) is 0 Å². The van der Waals surface area contributed by atoms with Crippen molar-refractivity contribution in [3.8, 4) is 0 Å². The standard InChI is InChI=1S/C11H17N3/c12-9-4-3-5-10(8-9)14-11-6-1-2-7-13-11/h1-2,6-7,9-10H,3-5,8,12H2,(H,13,14). The third kappa shape index (κ3) is 2.45. The van der Waals surface area contributed by atoms with Gasteiger partial charge in [0.2, 0.25) is 0 Å². The second-order valence-electron chi connectivity index (χ2n) is 3.98. The fourth-order valence-electron chi connectivity index (χ4n) is 2.02. The summed E-state index contributed by atoms with van der Waals surface area (Å²) in [6.07, 6.45) is 6.48. The van der Waals surface area contributed by atoms with Crippen molar-refractivity contribution in [2.24, 2.45) is 5.73 Å². The van der Waals surface area contributed by atoms with Crippen LogP contribution < -0.4 is 11.1 Å². The Hall–Kier alpha value is -1.09. The Balaban J connectivity index is 1.91. The number of rotatable bonds is 2. The van der Waals surface area contributed by atoms with Gasteiger partial charge >= 0.3 is 0 Å². The molecule has 1 aromatic heterocycles. The van der Waals surface area contributed by atoms with E-state index < -0.39 is 0 Å². The minimum Gasteiger partial charge on any atom is -0.367 e. The van der Waals surface area contributed by atoms with Crippen LogP contribution in [0.15, 0.2) is 24.4 Å². The van der Waals surface area contributed by atoms with Gasteiger partial charge in [-0.15, -0.1) is 0 Å². The summed E-state index contributed by atoms with van der Waals surface area (Å²) in [6.45, 7) is 0. The van der Waals surface area contributed by atoms with Crippen LogP contribution in [0.25, 0.3) is 0 Å². The molecule has 0 bridgehead atoms. The second kappa shape index (κ2) is 4.42. The monoisotopic (exact) mass is 191 g/mol. The van der Waals surface area contributed by atoms with Crippen molar-refractivity contribution in [1.82, 2.24) is 4.98 Å². The van der Waals surface area contributed by atoms with E-state index in [-0.39, 0.29) is 0 Å². The molecule has 0 amide bonds. The van der Waals surface area contributed by atoms with Gasteiger partial charge in [-0.05, 0) is 37.8 Å². The van der Waals surface area contributed by atoms with E-state index in [1.54, 1.807) is 0 Å². The lowest BCUT2D eigenvalue weighted by Gasteiger charge is -2.27. The number of nitrogens with two attached hydrogens (primary N) is 1. The van der Waals surface area contributed by atoms with Gasteiger partial charge in [-0.1, -0.05) is 6.07 Å². The molecular formula is C11H17N3. The van der Waals surface area contributed by atoms with Crippen LogP contribution in [-0.2, 0) is 0 Å². The first kappa shape index (κ1) is 9.46. The van der Waals surface area contributed by atoms with E-state index in [0.717, 1.165) is 12.2 Å². The van der Waals surface area contributed by atoms with E-state index >= 15 is 0 Å². The summed E-state index contributed by atoms with van der Waals surface area (Å²) in [5, 5.41) is 3.42. The summed E-state index contributed by atoms with van der Waals surface area (Å²) in [4.78, 5) is 4.25. The maximum atomic E-state index is 5.92. The topological polar surface area (TPSA) is 50.9 Å². The number of hydrogen-bond acceptors (Lipinski definition) is 3. The molecule has 1 heterocycles. The van der Waals surface area contributed by atoms with E-state index in [1.165, 1.54) is 19.3 Å². The Morgan fingerprint density at radius 1 is 1.36 bits per heavy atom. The Morgan fingerprint density at radius 3 is 3.00 bits per heavy atom. The van der Waals surface area contributed by atoms with E-state index in [0.29, 0.717) is 12.1 Å². The number of anilines is 1. The quantitative estimate of drug-likeness (QED) is 0.749. The van der Waals surface area contributed by atoms with E-state index in [2.05, 4.69) is 10.3 Å². The smallest absolute Gasteiger partial charge is 0.126 e. The van der Waals surface area contributed by atoms with Crippen LogP contribution >= 0.6 is 0 Å². The second-order valence-corrected chi connectivity index (χ2v) is 3.98. The van der Waals surface area contributed by atoms with Gasteiger partial charge in [-0.25, -0.2) is 4.98 Å². The average molecular weight is 191 g/mol. The molecule has 1 fully saturated rings. The highest BCUT2D eigenvalue weighted by molar-refractivity contribution is 5.34. The van der Waals surface area contributed by atoms with Crippen molar-refractivity contribution in [3.05, 3.63) is 24.4 Å². The SMILES string of the molecule is NC1CCCC(Nc2ccccn2)C1. The number of hydrogen-bond donors (Lipinski definition) is 2. The molecular weight excluding hydrogens is 174 g/mol. The Kier molecular flexibility index (Phi) is 2.99. The van der Waals surface area contributed by atoms with Gasteiger partial charge in [0.1, 0.15) is 5.82 Å². The molecule has 2 atom stereocenters. The zero-order chi connectivity index (χ0) is 9.80. The molecule has 14 heavy (non-hydrogen) atoms. The molecule has 0 spiro atoms. The van der Waals surface area contributed by atoms with Crippen LogP contribution in [-0.4, -0.2) is 17.1 Å². The predicted octanol–water partition coefficient (Wildman–Crippen LogP) is 1.76. The van der Waals surface area contributed by atoms with Gasteiger partial charge < -0.3 is 11.1 Å². The zero-order valence-electron chi connectivity index (χ0n) is 8.32. The third-order valence-electron chi connectivity index (χ3n) is 2.73. The van der Waals surface area contributed by atoms with Crippen LogP contribution in [0.1, 0.15) is 25.7 Å². The molecule has 3 heteroatoms. The molecule has 0 aliphatic heterocycles. The van der Waals surface area contributed by atoms with Gasteiger partial charge in [-0.3, -0.25) is 0 Å². The molecule has 1 aliphatic rings. The molecule has 76 valence electrons. The summed E-state index contributed by atoms with van der Waals surface area (Å²) >= 11 is 0. The summed E-state index contributed by atoms with van der Waals surface area (Å²) in [5.41, 5.74) is 5.92. The van der Waals surface area contributed by atoms with Crippen molar-refractivity contribution in [2.75, 3.05) is 5.32 Å². The average Bonchev–Trinajstić information content (AvgIpc) is 2.19. The minimum atomic E-state index is 0.366. The highest BCUT2D eigenvalue weighted by atomic mass is 15.0. The summed E-state index contributed by atoms with van der Waals surface area (Å²) < 4.78 is 0. The maximum Gasteiger partial charge on any atom is 0.126 e. The lowest BCUT2D eigenvalue weighted by atomic mass is 9.92. The number of pyridine rings is 1. The van der Waals surface area contributed by atoms with Crippen molar-refractivity contribution in [2.45, 2.75) is 37.8 Å². The zero-order valence-corrected chi connectivity index (χ0v) is 8.32. The third-order valence-corrected chi connectivity index (χ3v) is 2.73. The van der Waals surface area contributed by atoms with Crippen molar-refractivity contribution in [3.63, 3.8) is 0 Å². The highest BCUT2D eigenvalue weighted by Crippen LogP contribution is 2.19. The lowest BCUT2D eigenvalue weighted by molar-refractivity contribution is 0.409. The maximum absolute atomic E-state index is 5.92. The largest absolute Gasteiger partial charge is 0.367 e. The van der Waals surface area contributed by atoms with Crippen LogP contribution in [0, 0.1) is 0 Å². The fraction of sp³-hybridized carbons (Fsp3) is 0.545. The van der Waals surface area contributed by atoms with Crippen LogP contribution in [0.4, 0.5) is 5.82 Å². The van der Waals surface area contributed by atoms with Gasteiger partial charge in [0.05, 0.1) is 0 Å². The molecule has 1 aliphatic carbocycles. The molecule has 1 saturated carbocycles. The Labute approximate surface area is 84.7 Å². The predicted molar refractivity (Wildman–Crippen MR) is 58.1 cm³/mol. The Bertz CT molecular complexity index is 273. The Morgan fingerprint density at radius 2 is 2.29 bits per heavy atom. The summed E-state index contributed by atoms with van der Waals surface area (Å²) in [7, 11) is 0. The molecule has 2 rings (SSSR count). The summed E-state index contributed by atoms with van der Waals surface area (Å²) in [6, 6.07) is 6.80. The van der Waals surface area contributed by atoms with Crippen LogP contribution in [0.3, 0.4) is 0 Å². The molecule has 0 saturated heterocycles. The first-order valence-corrected chi connectivity index (χ1v) is 5.28. The minimum absolute atomic E-state index is 0.366.